The fraction of sp³-hybridized carbons (Fsp3) is 0.600. The van der Waals surface area contributed by atoms with Gasteiger partial charge in [-0.2, -0.15) is 0 Å². The van der Waals surface area contributed by atoms with Gasteiger partial charge in [0.2, 0.25) is 0 Å². The van der Waals surface area contributed by atoms with E-state index in [0.717, 1.165) is 36.6 Å². The lowest BCUT2D eigenvalue weighted by Gasteiger charge is -2.23. The Morgan fingerprint density at radius 3 is 2.39 bits per heavy atom. The van der Waals surface area contributed by atoms with Crippen molar-refractivity contribution >= 4 is 11.6 Å². The summed E-state index contributed by atoms with van der Waals surface area (Å²) in [7, 11) is 1.69. The second-order valence-corrected chi connectivity index (χ2v) is 6.05. The van der Waals surface area contributed by atoms with Gasteiger partial charge in [-0.15, -0.1) is 0 Å². The quantitative estimate of drug-likeness (QED) is 0.822. The van der Waals surface area contributed by atoms with E-state index in [9.17, 15) is 0 Å². The minimum Gasteiger partial charge on any atom is -0.496 e. The van der Waals surface area contributed by atoms with Crippen LogP contribution in [-0.4, -0.2) is 13.7 Å². The van der Waals surface area contributed by atoms with Crippen LogP contribution in [0.15, 0.2) is 12.1 Å². The molecule has 0 atom stereocenters. The summed E-state index contributed by atoms with van der Waals surface area (Å²) in [6.07, 6.45) is 3.11. The van der Waals surface area contributed by atoms with Crippen molar-refractivity contribution in [3.8, 4) is 5.75 Å². The smallest absolute Gasteiger partial charge is 0.123 e. The van der Waals surface area contributed by atoms with Gasteiger partial charge in [0.1, 0.15) is 5.75 Å². The third-order valence-electron chi connectivity index (χ3n) is 3.08. The predicted octanol–water partition coefficient (Wildman–Crippen LogP) is 3.93. The van der Waals surface area contributed by atoms with Gasteiger partial charge in [-0.1, -0.05) is 38.4 Å². The Balaban J connectivity index is 3.06. The molecule has 0 amide bonds. The number of hydrogen-bond acceptors (Lipinski definition) is 2. The maximum Gasteiger partial charge on any atom is 0.123 e. The summed E-state index contributed by atoms with van der Waals surface area (Å²) in [5.41, 5.74) is 7.98. The molecule has 3 heteroatoms. The first-order chi connectivity index (χ1) is 8.40. The van der Waals surface area contributed by atoms with Gasteiger partial charge in [0.15, 0.2) is 0 Å². The Morgan fingerprint density at radius 2 is 1.89 bits per heavy atom. The molecule has 102 valence electrons. The summed E-state index contributed by atoms with van der Waals surface area (Å²) in [6.45, 7) is 7.25. The molecular formula is C15H24ClNO. The van der Waals surface area contributed by atoms with E-state index in [1.165, 1.54) is 11.1 Å². The molecule has 0 unspecified atom stereocenters. The minimum atomic E-state index is 0.0476. The summed E-state index contributed by atoms with van der Waals surface area (Å²) in [5.74, 6) is 0.880. The van der Waals surface area contributed by atoms with Gasteiger partial charge >= 0.3 is 0 Å². The molecule has 1 aromatic carbocycles. The van der Waals surface area contributed by atoms with Crippen LogP contribution < -0.4 is 10.5 Å². The number of benzene rings is 1. The Kier molecular flexibility index (Phi) is 5.48. The van der Waals surface area contributed by atoms with Crippen LogP contribution in [0.25, 0.3) is 0 Å². The Bertz CT molecular complexity index is 396. The van der Waals surface area contributed by atoms with Gasteiger partial charge in [0.05, 0.1) is 7.11 Å². The van der Waals surface area contributed by atoms with Gasteiger partial charge in [-0.05, 0) is 48.4 Å². The molecule has 1 rings (SSSR count). The SMILES string of the molecule is COc1cc(Cl)c(C(C)(C)C)cc1CCCCN. The van der Waals surface area contributed by atoms with E-state index in [1.807, 2.05) is 6.07 Å². The number of nitrogens with two attached hydrogens (primary N) is 1. The first-order valence-corrected chi connectivity index (χ1v) is 6.85. The Labute approximate surface area is 115 Å². The zero-order valence-corrected chi connectivity index (χ0v) is 12.6. The van der Waals surface area contributed by atoms with Gasteiger partial charge in [-0.3, -0.25) is 0 Å². The summed E-state index contributed by atoms with van der Waals surface area (Å²) in [5, 5.41) is 0.780. The number of halogens is 1. The van der Waals surface area contributed by atoms with E-state index in [-0.39, 0.29) is 5.41 Å². The second kappa shape index (κ2) is 6.44. The fourth-order valence-corrected chi connectivity index (χ4v) is 2.46. The molecule has 0 radical (unpaired) electrons. The van der Waals surface area contributed by atoms with Crippen LogP contribution in [0.2, 0.25) is 5.02 Å². The summed E-state index contributed by atoms with van der Waals surface area (Å²) in [4.78, 5) is 0. The Morgan fingerprint density at radius 1 is 1.22 bits per heavy atom. The third-order valence-corrected chi connectivity index (χ3v) is 3.39. The molecule has 18 heavy (non-hydrogen) atoms. The van der Waals surface area contributed by atoms with Crippen LogP contribution in [-0.2, 0) is 11.8 Å². The lowest BCUT2D eigenvalue weighted by Crippen LogP contribution is -2.13. The number of hydrogen-bond donors (Lipinski definition) is 1. The first-order valence-electron chi connectivity index (χ1n) is 6.47. The maximum atomic E-state index is 6.33. The highest BCUT2D eigenvalue weighted by molar-refractivity contribution is 6.31. The normalized spacial score (nSPS) is 11.7. The van der Waals surface area contributed by atoms with Crippen LogP contribution in [0.3, 0.4) is 0 Å². The molecule has 2 N–H and O–H groups in total. The monoisotopic (exact) mass is 269 g/mol. The van der Waals surface area contributed by atoms with Crippen LogP contribution in [0, 0.1) is 0 Å². The molecule has 0 spiro atoms. The van der Waals surface area contributed by atoms with Crippen LogP contribution in [0.5, 0.6) is 5.75 Å². The molecule has 0 bridgehead atoms. The number of methoxy groups -OCH3 is 1. The van der Waals surface area contributed by atoms with Crippen molar-refractivity contribution in [3.05, 3.63) is 28.3 Å². The zero-order chi connectivity index (χ0) is 13.8. The summed E-state index contributed by atoms with van der Waals surface area (Å²) < 4.78 is 5.41. The number of rotatable bonds is 5. The van der Waals surface area contributed by atoms with Crippen LogP contribution in [0.4, 0.5) is 0 Å². The molecular weight excluding hydrogens is 246 g/mol. The highest BCUT2D eigenvalue weighted by Crippen LogP contribution is 2.35. The molecule has 0 aliphatic rings. The molecule has 0 aliphatic heterocycles. The molecule has 1 aromatic rings. The number of ether oxygens (including phenoxy) is 1. The zero-order valence-electron chi connectivity index (χ0n) is 11.8. The van der Waals surface area contributed by atoms with Crippen LogP contribution in [0.1, 0.15) is 44.7 Å². The number of aryl methyl sites for hydroxylation is 1. The topological polar surface area (TPSA) is 35.2 Å². The molecule has 0 heterocycles. The Hall–Kier alpha value is -0.730. The van der Waals surface area contributed by atoms with E-state index in [1.54, 1.807) is 7.11 Å². The van der Waals surface area contributed by atoms with Crippen LogP contribution >= 0.6 is 11.6 Å². The molecule has 2 nitrogen and oxygen atoms in total. The van der Waals surface area contributed by atoms with Crippen molar-refractivity contribution in [2.75, 3.05) is 13.7 Å². The van der Waals surface area contributed by atoms with Gasteiger partial charge in [0.25, 0.3) is 0 Å². The maximum absolute atomic E-state index is 6.33. The van der Waals surface area contributed by atoms with Crippen molar-refractivity contribution in [1.82, 2.24) is 0 Å². The second-order valence-electron chi connectivity index (χ2n) is 5.64. The standard InChI is InChI=1S/C15H24ClNO/c1-15(2,3)12-9-11(7-5-6-8-17)14(18-4)10-13(12)16/h9-10H,5-8,17H2,1-4H3. The average molecular weight is 270 g/mol. The van der Waals surface area contributed by atoms with E-state index in [2.05, 4.69) is 26.8 Å². The highest BCUT2D eigenvalue weighted by Gasteiger charge is 2.19. The van der Waals surface area contributed by atoms with Gasteiger partial charge in [0, 0.05) is 5.02 Å². The summed E-state index contributed by atoms with van der Waals surface area (Å²) in [6, 6.07) is 4.11. The van der Waals surface area contributed by atoms with E-state index in [4.69, 9.17) is 22.1 Å². The lowest BCUT2D eigenvalue weighted by atomic mass is 9.85. The van der Waals surface area contributed by atoms with E-state index >= 15 is 0 Å². The fourth-order valence-electron chi connectivity index (χ4n) is 2.02. The molecule has 0 aliphatic carbocycles. The largest absolute Gasteiger partial charge is 0.496 e. The van der Waals surface area contributed by atoms with Crippen molar-refractivity contribution in [1.29, 1.82) is 0 Å². The number of unbranched alkanes of at least 4 members (excludes halogenated alkanes) is 1. The molecule has 0 fully saturated rings. The van der Waals surface area contributed by atoms with E-state index < -0.39 is 0 Å². The van der Waals surface area contributed by atoms with Crippen molar-refractivity contribution in [3.63, 3.8) is 0 Å². The van der Waals surface area contributed by atoms with E-state index in [0.29, 0.717) is 0 Å². The van der Waals surface area contributed by atoms with Crippen molar-refractivity contribution < 1.29 is 4.74 Å². The molecule has 0 aromatic heterocycles. The molecule has 0 saturated heterocycles. The van der Waals surface area contributed by atoms with Crippen molar-refractivity contribution in [2.24, 2.45) is 5.73 Å². The van der Waals surface area contributed by atoms with Crippen molar-refractivity contribution in [2.45, 2.75) is 45.4 Å². The lowest BCUT2D eigenvalue weighted by molar-refractivity contribution is 0.408. The predicted molar refractivity (Wildman–Crippen MR) is 78.7 cm³/mol. The van der Waals surface area contributed by atoms with Gasteiger partial charge < -0.3 is 10.5 Å². The minimum absolute atomic E-state index is 0.0476. The summed E-state index contributed by atoms with van der Waals surface area (Å²) >= 11 is 6.33. The average Bonchev–Trinajstić information content (AvgIpc) is 2.29. The highest BCUT2D eigenvalue weighted by atomic mass is 35.5. The van der Waals surface area contributed by atoms with Gasteiger partial charge in [-0.25, -0.2) is 0 Å². The first kappa shape index (κ1) is 15.3. The third kappa shape index (κ3) is 3.89. The molecule has 0 saturated carbocycles.